The highest BCUT2D eigenvalue weighted by molar-refractivity contribution is 7.22. The van der Waals surface area contributed by atoms with E-state index in [2.05, 4.69) is 4.90 Å². The number of phenolic OH excluding ortho intramolecular Hbond substituents is 2. The second-order valence-electron chi connectivity index (χ2n) is 8.67. The summed E-state index contributed by atoms with van der Waals surface area (Å²) in [5, 5.41) is 20.5. The zero-order valence-electron chi connectivity index (χ0n) is 19.5. The fourth-order valence-electron chi connectivity index (χ4n) is 4.35. The summed E-state index contributed by atoms with van der Waals surface area (Å²) in [4.78, 5) is 3.47. The molecule has 1 aromatic heterocycles. The third-order valence-electron chi connectivity index (χ3n) is 6.14. The van der Waals surface area contributed by atoms with Crippen LogP contribution in [0.25, 0.3) is 20.5 Å². The van der Waals surface area contributed by atoms with Gasteiger partial charge in [-0.15, -0.1) is 23.7 Å². The molecule has 0 aliphatic carbocycles. The first kappa shape index (κ1) is 25.2. The van der Waals surface area contributed by atoms with Crippen molar-refractivity contribution in [1.82, 2.24) is 4.90 Å². The molecule has 1 saturated heterocycles. The molecule has 0 radical (unpaired) electrons. The summed E-state index contributed by atoms with van der Waals surface area (Å²) in [7, 11) is 0. The number of piperidine rings is 1. The van der Waals surface area contributed by atoms with Crippen molar-refractivity contribution in [2.45, 2.75) is 25.7 Å². The molecule has 0 unspecified atom stereocenters. The van der Waals surface area contributed by atoms with Crippen LogP contribution in [0.3, 0.4) is 0 Å². The maximum Gasteiger partial charge on any atom is 0.153 e. The van der Waals surface area contributed by atoms with Gasteiger partial charge in [-0.2, -0.15) is 0 Å². The van der Waals surface area contributed by atoms with Crippen molar-refractivity contribution in [3.05, 3.63) is 66.7 Å². The van der Waals surface area contributed by atoms with E-state index in [4.69, 9.17) is 9.47 Å². The molecule has 0 spiro atoms. The van der Waals surface area contributed by atoms with Crippen molar-refractivity contribution in [3.63, 3.8) is 0 Å². The zero-order valence-corrected chi connectivity index (χ0v) is 21.1. The minimum absolute atomic E-state index is 0. The smallest absolute Gasteiger partial charge is 0.153 e. The Morgan fingerprint density at radius 2 is 1.49 bits per heavy atom. The summed E-state index contributed by atoms with van der Waals surface area (Å²) < 4.78 is 13.2. The fourth-order valence-corrected chi connectivity index (χ4v) is 5.52. The number of hydrogen-bond donors (Lipinski definition) is 2. The number of ether oxygens (including phenoxy) is 2. The molecule has 0 amide bonds. The van der Waals surface area contributed by atoms with Gasteiger partial charge in [0.2, 0.25) is 0 Å². The summed E-state index contributed by atoms with van der Waals surface area (Å²) >= 11 is 1.55. The van der Waals surface area contributed by atoms with Crippen LogP contribution in [0.4, 0.5) is 0 Å². The SMILES string of the molecule is Cl.Oc1ccc(-c2sc3cc(O)ccc3c2Oc2ccc(OCCCN3CCCCC3)cc2)cc1. The third kappa shape index (κ3) is 6.20. The van der Waals surface area contributed by atoms with Crippen LogP contribution in [-0.4, -0.2) is 41.4 Å². The lowest BCUT2D eigenvalue weighted by Crippen LogP contribution is -2.31. The van der Waals surface area contributed by atoms with Crippen LogP contribution in [0.5, 0.6) is 28.7 Å². The van der Waals surface area contributed by atoms with Gasteiger partial charge in [0.15, 0.2) is 5.75 Å². The normalized spacial score (nSPS) is 13.9. The van der Waals surface area contributed by atoms with E-state index in [1.54, 1.807) is 35.6 Å². The van der Waals surface area contributed by atoms with E-state index in [-0.39, 0.29) is 23.9 Å². The lowest BCUT2D eigenvalue weighted by atomic mass is 10.1. The van der Waals surface area contributed by atoms with Gasteiger partial charge in [-0.05, 0) is 105 Å². The largest absolute Gasteiger partial charge is 0.508 e. The van der Waals surface area contributed by atoms with Crippen molar-refractivity contribution in [2.75, 3.05) is 26.2 Å². The number of hydrogen-bond acceptors (Lipinski definition) is 6. The highest BCUT2D eigenvalue weighted by Crippen LogP contribution is 2.47. The van der Waals surface area contributed by atoms with Gasteiger partial charge in [0.1, 0.15) is 23.0 Å². The number of aromatic hydroxyl groups is 2. The van der Waals surface area contributed by atoms with E-state index in [1.807, 2.05) is 42.5 Å². The Hall–Kier alpha value is -2.93. The maximum atomic E-state index is 9.94. The second kappa shape index (κ2) is 11.7. The maximum absolute atomic E-state index is 9.94. The van der Waals surface area contributed by atoms with Crippen LogP contribution in [-0.2, 0) is 0 Å². The lowest BCUT2D eigenvalue weighted by Gasteiger charge is -2.26. The predicted molar refractivity (Wildman–Crippen MR) is 145 cm³/mol. The van der Waals surface area contributed by atoms with Crippen molar-refractivity contribution in [1.29, 1.82) is 0 Å². The van der Waals surface area contributed by atoms with Crippen molar-refractivity contribution in [2.24, 2.45) is 0 Å². The van der Waals surface area contributed by atoms with Crippen LogP contribution in [0.15, 0.2) is 66.7 Å². The average molecular weight is 512 g/mol. The summed E-state index contributed by atoms with van der Waals surface area (Å²) in [5.74, 6) is 2.73. The molecule has 7 heteroatoms. The summed E-state index contributed by atoms with van der Waals surface area (Å²) in [6.45, 7) is 4.24. The Kier molecular flexibility index (Phi) is 8.39. The third-order valence-corrected chi connectivity index (χ3v) is 7.32. The van der Waals surface area contributed by atoms with E-state index < -0.39 is 0 Å². The number of thiophene rings is 1. The van der Waals surface area contributed by atoms with Gasteiger partial charge in [-0.25, -0.2) is 0 Å². The van der Waals surface area contributed by atoms with Crippen LogP contribution in [0, 0.1) is 0 Å². The molecule has 4 aromatic rings. The second-order valence-corrected chi connectivity index (χ2v) is 9.72. The molecule has 1 fully saturated rings. The molecule has 5 nitrogen and oxygen atoms in total. The zero-order chi connectivity index (χ0) is 23.3. The fraction of sp³-hybridized carbons (Fsp3) is 0.286. The van der Waals surface area contributed by atoms with E-state index in [0.717, 1.165) is 45.0 Å². The summed E-state index contributed by atoms with van der Waals surface area (Å²) in [5.41, 5.74) is 0.946. The first-order chi connectivity index (χ1) is 16.7. The number of nitrogens with zero attached hydrogens (tertiary/aromatic N) is 1. The number of fused-ring (bicyclic) bond motifs is 1. The molecule has 1 aliphatic rings. The highest BCUT2D eigenvalue weighted by Gasteiger charge is 2.17. The standard InChI is InChI=1S/C28H29NO4S.ClH/c30-21-7-5-20(6-8-21)28-27(25-14-9-22(31)19-26(25)34-28)33-24-12-10-23(11-13-24)32-18-4-17-29-15-2-1-3-16-29;/h5-14,19,30-31H,1-4,15-18H2;1H. The van der Waals surface area contributed by atoms with Crippen molar-refractivity contribution >= 4 is 33.8 Å². The summed E-state index contributed by atoms with van der Waals surface area (Å²) in [6.07, 6.45) is 5.03. The lowest BCUT2D eigenvalue weighted by molar-refractivity contribution is 0.205. The number of rotatable bonds is 8. The Morgan fingerprint density at radius 3 is 2.23 bits per heavy atom. The molecule has 2 heterocycles. The van der Waals surface area contributed by atoms with Gasteiger partial charge in [0, 0.05) is 16.6 Å². The Labute approximate surface area is 216 Å². The average Bonchev–Trinajstić information content (AvgIpc) is 3.21. The highest BCUT2D eigenvalue weighted by atomic mass is 35.5. The van der Waals surface area contributed by atoms with Crippen molar-refractivity contribution in [3.8, 4) is 39.2 Å². The Bertz CT molecular complexity index is 1230. The first-order valence-corrected chi connectivity index (χ1v) is 12.7. The topological polar surface area (TPSA) is 62.2 Å². The van der Waals surface area contributed by atoms with Gasteiger partial charge >= 0.3 is 0 Å². The molecule has 3 aromatic carbocycles. The number of benzene rings is 3. The minimum Gasteiger partial charge on any atom is -0.508 e. The molecule has 0 saturated carbocycles. The van der Waals surface area contributed by atoms with Gasteiger partial charge in [0.25, 0.3) is 0 Å². The van der Waals surface area contributed by atoms with Crippen LogP contribution in [0.2, 0.25) is 0 Å². The van der Waals surface area contributed by atoms with Gasteiger partial charge in [0.05, 0.1) is 11.5 Å². The molecular weight excluding hydrogens is 482 g/mol. The van der Waals surface area contributed by atoms with E-state index >= 15 is 0 Å². The minimum atomic E-state index is 0. The van der Waals surface area contributed by atoms with Gasteiger partial charge in [-0.3, -0.25) is 0 Å². The first-order valence-electron chi connectivity index (χ1n) is 11.8. The monoisotopic (exact) mass is 511 g/mol. The summed E-state index contributed by atoms with van der Waals surface area (Å²) in [6, 6.07) is 20.1. The quantitative estimate of drug-likeness (QED) is 0.240. The molecule has 184 valence electrons. The van der Waals surface area contributed by atoms with Crippen LogP contribution >= 0.6 is 23.7 Å². The van der Waals surface area contributed by atoms with Crippen LogP contribution < -0.4 is 9.47 Å². The Morgan fingerprint density at radius 1 is 0.800 bits per heavy atom. The van der Waals surface area contributed by atoms with Crippen molar-refractivity contribution < 1.29 is 19.7 Å². The van der Waals surface area contributed by atoms with Gasteiger partial charge in [-0.1, -0.05) is 6.42 Å². The van der Waals surface area contributed by atoms with Gasteiger partial charge < -0.3 is 24.6 Å². The molecule has 0 bridgehead atoms. The number of halogens is 1. The van der Waals surface area contributed by atoms with E-state index in [9.17, 15) is 10.2 Å². The molecule has 0 atom stereocenters. The molecule has 1 aliphatic heterocycles. The molecular formula is C28H30ClNO4S. The molecule has 2 N–H and O–H groups in total. The number of phenols is 2. The number of likely N-dealkylation sites (tertiary alicyclic amines) is 1. The van der Waals surface area contributed by atoms with Crippen LogP contribution in [0.1, 0.15) is 25.7 Å². The predicted octanol–water partition coefficient (Wildman–Crippen LogP) is 7.45. The Balaban J connectivity index is 0.00000289. The molecule has 5 rings (SSSR count). The van der Waals surface area contributed by atoms with E-state index in [0.29, 0.717) is 12.4 Å². The van der Waals surface area contributed by atoms with E-state index in [1.165, 1.54) is 32.4 Å². The molecule has 35 heavy (non-hydrogen) atoms.